The van der Waals surface area contributed by atoms with Crippen molar-refractivity contribution < 1.29 is 9.90 Å². The number of nitrogens with one attached hydrogen (secondary N) is 1. The van der Waals surface area contributed by atoms with Crippen LogP contribution in [0.25, 0.3) is 0 Å². The Bertz CT molecular complexity index is 586. The van der Waals surface area contributed by atoms with Gasteiger partial charge >= 0.3 is 5.97 Å². The Kier molecular flexibility index (Phi) is 3.70. The quantitative estimate of drug-likeness (QED) is 0.872. The average Bonchev–Trinajstić information content (AvgIpc) is 2.39. The number of anilines is 1. The van der Waals surface area contributed by atoms with Crippen LogP contribution < -0.4 is 5.32 Å². The lowest BCUT2D eigenvalue weighted by atomic mass is 10.2. The summed E-state index contributed by atoms with van der Waals surface area (Å²) in [6.07, 6.45) is 3.02. The molecule has 98 valence electrons. The number of carboxylic acids is 1. The Labute approximate surface area is 110 Å². The summed E-state index contributed by atoms with van der Waals surface area (Å²) >= 11 is 0. The summed E-state index contributed by atoms with van der Waals surface area (Å²) < 4.78 is 0. The molecule has 2 aromatic rings. The third kappa shape index (κ3) is 3.04. The van der Waals surface area contributed by atoms with Gasteiger partial charge in [-0.1, -0.05) is 6.07 Å². The monoisotopic (exact) mass is 258 g/mol. The predicted octanol–water partition coefficient (Wildman–Crippen LogP) is 2.05. The molecule has 0 radical (unpaired) electrons. The minimum Gasteiger partial charge on any atom is -0.478 e. The largest absolute Gasteiger partial charge is 0.478 e. The van der Waals surface area contributed by atoms with E-state index in [4.69, 9.17) is 5.11 Å². The first-order chi connectivity index (χ1) is 9.08. The van der Waals surface area contributed by atoms with Gasteiger partial charge in [0.25, 0.3) is 0 Å². The first-order valence-corrected chi connectivity index (χ1v) is 5.82. The molecule has 0 aliphatic heterocycles. The number of hydrogen-bond donors (Lipinski definition) is 2. The van der Waals surface area contributed by atoms with Crippen LogP contribution in [0.1, 0.15) is 34.7 Å². The molecule has 2 heterocycles. The van der Waals surface area contributed by atoms with Gasteiger partial charge in [0, 0.05) is 12.4 Å². The van der Waals surface area contributed by atoms with Crippen LogP contribution in [0.2, 0.25) is 0 Å². The second kappa shape index (κ2) is 5.43. The van der Waals surface area contributed by atoms with E-state index in [1.165, 1.54) is 6.20 Å². The van der Waals surface area contributed by atoms with Crippen molar-refractivity contribution >= 4 is 11.9 Å². The number of carboxylic acid groups (broad SMARTS) is 1. The van der Waals surface area contributed by atoms with Crippen LogP contribution in [0.5, 0.6) is 0 Å². The molecule has 0 aromatic carbocycles. The fourth-order valence-electron chi connectivity index (χ4n) is 1.65. The topological polar surface area (TPSA) is 88.0 Å². The SMILES string of the molecule is Cc1nc(NC(C)c2ccccn2)ncc1C(=O)O. The molecule has 2 aromatic heterocycles. The standard InChI is InChI=1S/C13H14N4O2/c1-8-10(12(18)19)7-15-13(16-8)17-9(2)11-5-3-4-6-14-11/h3-7,9H,1-2H3,(H,18,19)(H,15,16,17). The van der Waals surface area contributed by atoms with Crippen molar-refractivity contribution in [1.29, 1.82) is 0 Å². The second-order valence-electron chi connectivity index (χ2n) is 4.12. The number of aryl methyl sites for hydroxylation is 1. The van der Waals surface area contributed by atoms with Gasteiger partial charge in [0.2, 0.25) is 5.95 Å². The number of aromatic carboxylic acids is 1. The maximum atomic E-state index is 10.9. The lowest BCUT2D eigenvalue weighted by Gasteiger charge is -2.13. The van der Waals surface area contributed by atoms with Gasteiger partial charge < -0.3 is 10.4 Å². The van der Waals surface area contributed by atoms with Crippen molar-refractivity contribution in [3.63, 3.8) is 0 Å². The van der Waals surface area contributed by atoms with Gasteiger partial charge in [0.15, 0.2) is 0 Å². The van der Waals surface area contributed by atoms with Crippen molar-refractivity contribution in [2.75, 3.05) is 5.32 Å². The molecule has 19 heavy (non-hydrogen) atoms. The summed E-state index contributed by atoms with van der Waals surface area (Å²) in [7, 11) is 0. The number of nitrogens with zero attached hydrogens (tertiary/aromatic N) is 3. The predicted molar refractivity (Wildman–Crippen MR) is 70.0 cm³/mol. The van der Waals surface area contributed by atoms with Crippen LogP contribution in [0, 0.1) is 6.92 Å². The normalized spacial score (nSPS) is 11.9. The number of pyridine rings is 1. The fraction of sp³-hybridized carbons (Fsp3) is 0.231. The maximum absolute atomic E-state index is 10.9. The van der Waals surface area contributed by atoms with E-state index in [-0.39, 0.29) is 11.6 Å². The Morgan fingerprint density at radius 1 is 1.37 bits per heavy atom. The average molecular weight is 258 g/mol. The molecule has 0 saturated heterocycles. The highest BCUT2D eigenvalue weighted by atomic mass is 16.4. The Morgan fingerprint density at radius 3 is 2.74 bits per heavy atom. The summed E-state index contributed by atoms with van der Waals surface area (Å²) in [6, 6.07) is 5.59. The van der Waals surface area contributed by atoms with Crippen molar-refractivity contribution in [3.05, 3.63) is 47.5 Å². The van der Waals surface area contributed by atoms with Crippen LogP contribution in [0.3, 0.4) is 0 Å². The molecule has 0 aliphatic rings. The van der Waals surface area contributed by atoms with E-state index in [1.54, 1.807) is 13.1 Å². The third-order valence-corrected chi connectivity index (χ3v) is 2.69. The zero-order valence-corrected chi connectivity index (χ0v) is 10.7. The van der Waals surface area contributed by atoms with Crippen LogP contribution in [-0.2, 0) is 0 Å². The van der Waals surface area contributed by atoms with Crippen molar-refractivity contribution in [1.82, 2.24) is 15.0 Å². The van der Waals surface area contributed by atoms with Crippen LogP contribution >= 0.6 is 0 Å². The molecule has 2 N–H and O–H groups in total. The van der Waals surface area contributed by atoms with E-state index in [2.05, 4.69) is 20.3 Å². The molecule has 6 nitrogen and oxygen atoms in total. The highest BCUT2D eigenvalue weighted by Crippen LogP contribution is 2.15. The summed E-state index contributed by atoms with van der Waals surface area (Å²) in [4.78, 5) is 23.2. The van der Waals surface area contributed by atoms with Gasteiger partial charge in [-0.3, -0.25) is 4.98 Å². The molecular formula is C13H14N4O2. The number of carbonyl (C=O) groups is 1. The summed E-state index contributed by atoms with van der Waals surface area (Å²) in [6.45, 7) is 3.58. The highest BCUT2D eigenvalue weighted by molar-refractivity contribution is 5.88. The van der Waals surface area contributed by atoms with E-state index in [1.807, 2.05) is 25.1 Å². The lowest BCUT2D eigenvalue weighted by molar-refractivity contribution is 0.0695. The molecule has 0 aliphatic carbocycles. The first-order valence-electron chi connectivity index (χ1n) is 5.82. The van der Waals surface area contributed by atoms with Crippen LogP contribution in [0.4, 0.5) is 5.95 Å². The van der Waals surface area contributed by atoms with Gasteiger partial charge in [-0.2, -0.15) is 0 Å². The van der Waals surface area contributed by atoms with E-state index in [9.17, 15) is 4.79 Å². The molecule has 0 saturated carbocycles. The van der Waals surface area contributed by atoms with Gasteiger partial charge in [-0.05, 0) is 26.0 Å². The Balaban J connectivity index is 2.16. The van der Waals surface area contributed by atoms with Crippen LogP contribution in [-0.4, -0.2) is 26.0 Å². The molecule has 0 bridgehead atoms. The first kappa shape index (κ1) is 12.9. The maximum Gasteiger partial charge on any atom is 0.339 e. The van der Waals surface area contributed by atoms with Crippen molar-refractivity contribution in [3.8, 4) is 0 Å². The third-order valence-electron chi connectivity index (χ3n) is 2.69. The van der Waals surface area contributed by atoms with E-state index < -0.39 is 5.97 Å². The lowest BCUT2D eigenvalue weighted by Crippen LogP contribution is -2.12. The van der Waals surface area contributed by atoms with Gasteiger partial charge in [-0.15, -0.1) is 0 Å². The smallest absolute Gasteiger partial charge is 0.339 e. The van der Waals surface area contributed by atoms with Gasteiger partial charge in [-0.25, -0.2) is 14.8 Å². The molecular weight excluding hydrogens is 244 g/mol. The number of aromatic nitrogens is 3. The second-order valence-corrected chi connectivity index (χ2v) is 4.12. The van der Waals surface area contributed by atoms with E-state index in [0.29, 0.717) is 11.6 Å². The molecule has 1 unspecified atom stereocenters. The number of hydrogen-bond acceptors (Lipinski definition) is 5. The fourth-order valence-corrected chi connectivity index (χ4v) is 1.65. The number of rotatable bonds is 4. The zero-order chi connectivity index (χ0) is 13.8. The molecule has 2 rings (SSSR count). The molecule has 0 spiro atoms. The van der Waals surface area contributed by atoms with Gasteiger partial charge in [0.1, 0.15) is 0 Å². The Hall–Kier alpha value is -2.50. The van der Waals surface area contributed by atoms with Crippen molar-refractivity contribution in [2.24, 2.45) is 0 Å². The minimum absolute atomic E-state index is 0.0590. The molecule has 1 atom stereocenters. The molecule has 6 heteroatoms. The van der Waals surface area contributed by atoms with Crippen LogP contribution in [0.15, 0.2) is 30.6 Å². The molecule has 0 amide bonds. The summed E-state index contributed by atoms with van der Waals surface area (Å²) in [5, 5.41) is 12.0. The van der Waals surface area contributed by atoms with Crippen molar-refractivity contribution in [2.45, 2.75) is 19.9 Å². The van der Waals surface area contributed by atoms with E-state index in [0.717, 1.165) is 5.69 Å². The minimum atomic E-state index is -1.03. The zero-order valence-electron chi connectivity index (χ0n) is 10.7. The van der Waals surface area contributed by atoms with Gasteiger partial charge in [0.05, 0.1) is 23.0 Å². The Morgan fingerprint density at radius 2 is 2.16 bits per heavy atom. The summed E-state index contributed by atoms with van der Waals surface area (Å²) in [5.41, 5.74) is 1.40. The highest BCUT2D eigenvalue weighted by Gasteiger charge is 2.12. The van der Waals surface area contributed by atoms with E-state index >= 15 is 0 Å². The molecule has 0 fully saturated rings. The summed E-state index contributed by atoms with van der Waals surface area (Å²) in [5.74, 6) is -0.637.